The van der Waals surface area contributed by atoms with Crippen LogP contribution in [0.15, 0.2) is 35.4 Å². The van der Waals surface area contributed by atoms with Crippen LogP contribution in [-0.4, -0.2) is 61.9 Å². The number of nitrogens with one attached hydrogen (secondary N) is 2. The molecule has 1 aliphatic heterocycles. The van der Waals surface area contributed by atoms with Crippen LogP contribution < -0.4 is 15.5 Å². The Kier molecular flexibility index (Phi) is 9.68. The van der Waals surface area contributed by atoms with Crippen LogP contribution in [0.5, 0.6) is 11.5 Å². The van der Waals surface area contributed by atoms with Crippen molar-refractivity contribution in [1.82, 2.24) is 10.2 Å². The molecule has 2 aromatic carbocycles. The fourth-order valence-electron chi connectivity index (χ4n) is 3.40. The quantitative estimate of drug-likeness (QED) is 0.354. The predicted molar refractivity (Wildman–Crippen MR) is 136 cm³/mol. The second-order valence-electron chi connectivity index (χ2n) is 7.58. The van der Waals surface area contributed by atoms with Crippen LogP contribution in [0.25, 0.3) is 0 Å². The van der Waals surface area contributed by atoms with Crippen molar-refractivity contribution in [1.29, 1.82) is 5.26 Å². The number of fused-ring (bicyclic) bond motifs is 1. The molecule has 0 radical (unpaired) electrons. The number of benzene rings is 2. The lowest BCUT2D eigenvalue weighted by atomic mass is 9.98. The lowest BCUT2D eigenvalue weighted by molar-refractivity contribution is -0.114. The molecule has 1 heterocycles. The van der Waals surface area contributed by atoms with Gasteiger partial charge in [0.25, 0.3) is 11.8 Å². The second kappa shape index (κ2) is 12.9. The fourth-order valence-corrected chi connectivity index (χ4v) is 3.96. The minimum atomic E-state index is -1.04. The molecule has 0 fully saturated rings. The van der Waals surface area contributed by atoms with Gasteiger partial charge in [0.1, 0.15) is 11.8 Å². The van der Waals surface area contributed by atoms with Gasteiger partial charge in [-0.15, -0.1) is 0 Å². The van der Waals surface area contributed by atoms with Gasteiger partial charge in [0.05, 0.1) is 28.9 Å². The number of hydrazone groups is 1. The molecule has 3 amide bonds. The molecule has 2 aromatic rings. The van der Waals surface area contributed by atoms with E-state index in [-0.39, 0.29) is 34.0 Å². The molecule has 0 saturated heterocycles. The SMILES string of the molecule is CCOC(=O)NC(=O)C(C#N)=NNc1cc(Cl)c(Oc2ccc3c(c2)CCN(CCOC)C3=O)c(Cl)c1. The molecular weight excluding hydrogens is 525 g/mol. The van der Waals surface area contributed by atoms with Crippen LogP contribution >= 0.6 is 23.2 Å². The van der Waals surface area contributed by atoms with Gasteiger partial charge >= 0.3 is 6.09 Å². The number of nitrogens with zero attached hydrogens (tertiary/aromatic N) is 3. The third-order valence-electron chi connectivity index (χ3n) is 5.14. The van der Waals surface area contributed by atoms with E-state index in [9.17, 15) is 14.4 Å². The monoisotopic (exact) mass is 547 g/mol. The molecule has 13 heteroatoms. The first-order valence-electron chi connectivity index (χ1n) is 11.1. The Hall–Kier alpha value is -3.85. The Morgan fingerprint density at radius 3 is 2.59 bits per heavy atom. The van der Waals surface area contributed by atoms with Crippen LogP contribution in [0.2, 0.25) is 10.0 Å². The summed E-state index contributed by atoms with van der Waals surface area (Å²) in [5.41, 5.74) is 3.58. The van der Waals surface area contributed by atoms with Gasteiger partial charge < -0.3 is 19.1 Å². The van der Waals surface area contributed by atoms with E-state index < -0.39 is 17.7 Å². The highest BCUT2D eigenvalue weighted by Crippen LogP contribution is 2.39. The molecule has 0 aromatic heterocycles. The van der Waals surface area contributed by atoms with Crippen molar-refractivity contribution in [2.45, 2.75) is 13.3 Å². The third-order valence-corrected chi connectivity index (χ3v) is 5.70. The van der Waals surface area contributed by atoms with E-state index in [2.05, 4.69) is 15.3 Å². The zero-order chi connectivity index (χ0) is 26.9. The van der Waals surface area contributed by atoms with E-state index >= 15 is 0 Å². The van der Waals surface area contributed by atoms with Crippen molar-refractivity contribution in [3.05, 3.63) is 51.5 Å². The molecule has 0 atom stereocenters. The van der Waals surface area contributed by atoms with E-state index in [0.29, 0.717) is 37.4 Å². The molecule has 0 aliphatic carbocycles. The lowest BCUT2D eigenvalue weighted by Gasteiger charge is -2.28. The molecular formula is C24H23Cl2N5O6. The summed E-state index contributed by atoms with van der Waals surface area (Å²) in [6, 6.07) is 9.56. The number of alkyl carbamates (subject to hydrolysis) is 1. The minimum absolute atomic E-state index is 0.0544. The van der Waals surface area contributed by atoms with Crippen LogP contribution in [0.1, 0.15) is 22.8 Å². The van der Waals surface area contributed by atoms with Crippen molar-refractivity contribution in [3.8, 4) is 17.6 Å². The number of imide groups is 1. The molecule has 1 aliphatic rings. The Morgan fingerprint density at radius 2 is 1.95 bits per heavy atom. The highest BCUT2D eigenvalue weighted by atomic mass is 35.5. The van der Waals surface area contributed by atoms with Crippen LogP contribution in [0, 0.1) is 11.3 Å². The molecule has 0 unspecified atom stereocenters. The predicted octanol–water partition coefficient (Wildman–Crippen LogP) is 3.99. The zero-order valence-corrected chi connectivity index (χ0v) is 21.5. The topological polar surface area (TPSA) is 142 Å². The van der Waals surface area contributed by atoms with Gasteiger partial charge in [-0.05, 0) is 49.2 Å². The zero-order valence-electron chi connectivity index (χ0n) is 20.0. The highest BCUT2D eigenvalue weighted by molar-refractivity contribution is 6.47. The van der Waals surface area contributed by atoms with Gasteiger partial charge in [-0.2, -0.15) is 10.4 Å². The summed E-state index contributed by atoms with van der Waals surface area (Å²) in [4.78, 5) is 37.8. The first kappa shape index (κ1) is 27.7. The normalized spacial score (nSPS) is 12.9. The molecule has 194 valence electrons. The van der Waals surface area contributed by atoms with Crippen LogP contribution in [-0.2, 0) is 20.7 Å². The molecule has 3 rings (SSSR count). The van der Waals surface area contributed by atoms with E-state index in [1.165, 1.54) is 12.1 Å². The van der Waals surface area contributed by atoms with Gasteiger partial charge in [-0.3, -0.25) is 20.3 Å². The summed E-state index contributed by atoms with van der Waals surface area (Å²) in [7, 11) is 1.59. The van der Waals surface area contributed by atoms with E-state index in [1.54, 1.807) is 43.2 Å². The first-order chi connectivity index (χ1) is 17.8. The summed E-state index contributed by atoms with van der Waals surface area (Å²) in [5.74, 6) is -0.494. The van der Waals surface area contributed by atoms with Crippen LogP contribution in [0.4, 0.5) is 10.5 Å². The Morgan fingerprint density at radius 1 is 1.22 bits per heavy atom. The Labute approximate surface area is 222 Å². The summed E-state index contributed by atoms with van der Waals surface area (Å²) >= 11 is 12.7. The molecule has 0 bridgehead atoms. The number of rotatable bonds is 9. The maximum atomic E-state index is 12.7. The third kappa shape index (κ3) is 7.10. The van der Waals surface area contributed by atoms with Gasteiger partial charge in [0.15, 0.2) is 5.75 Å². The van der Waals surface area contributed by atoms with Gasteiger partial charge in [0, 0.05) is 25.8 Å². The number of anilines is 1. The molecule has 2 N–H and O–H groups in total. The summed E-state index contributed by atoms with van der Waals surface area (Å²) < 4.78 is 15.6. The van der Waals surface area contributed by atoms with Gasteiger partial charge in [-0.25, -0.2) is 4.79 Å². The standard InChI is InChI=1S/C24H23Cl2N5O6/c1-3-36-24(34)28-22(32)20(13-27)30-29-15-11-18(25)21(19(26)12-15)37-16-4-5-17-14(10-16)6-7-31(23(17)33)8-9-35-2/h4-5,10-12,29H,3,6-9H2,1-2H3,(H,28,32,34). The molecule has 11 nitrogen and oxygen atoms in total. The number of hydrogen-bond acceptors (Lipinski definition) is 9. The van der Waals surface area contributed by atoms with Gasteiger partial charge in [-0.1, -0.05) is 23.2 Å². The highest BCUT2D eigenvalue weighted by Gasteiger charge is 2.24. The van der Waals surface area contributed by atoms with E-state index in [1.807, 2.05) is 5.32 Å². The van der Waals surface area contributed by atoms with Crippen LogP contribution in [0.3, 0.4) is 0 Å². The van der Waals surface area contributed by atoms with Crippen molar-refractivity contribution in [3.63, 3.8) is 0 Å². The number of methoxy groups -OCH3 is 1. The summed E-state index contributed by atoms with van der Waals surface area (Å²) in [5, 5.41) is 15.0. The number of ether oxygens (including phenoxy) is 3. The number of carbonyl (C=O) groups is 3. The number of amides is 3. The minimum Gasteiger partial charge on any atom is -0.454 e. The number of carbonyl (C=O) groups excluding carboxylic acids is 3. The van der Waals surface area contributed by atoms with Gasteiger partial charge in [0.2, 0.25) is 5.71 Å². The molecule has 0 spiro atoms. The fraction of sp³-hybridized carbons (Fsp3) is 0.292. The summed E-state index contributed by atoms with van der Waals surface area (Å²) in [6.07, 6.45) is -0.340. The summed E-state index contributed by atoms with van der Waals surface area (Å²) in [6.45, 7) is 3.18. The smallest absolute Gasteiger partial charge is 0.414 e. The Bertz CT molecular complexity index is 1250. The van der Waals surface area contributed by atoms with E-state index in [4.69, 9.17) is 37.9 Å². The maximum absolute atomic E-state index is 12.7. The lowest BCUT2D eigenvalue weighted by Crippen LogP contribution is -2.39. The van der Waals surface area contributed by atoms with Crippen molar-refractivity contribution >= 4 is 52.5 Å². The molecule has 37 heavy (non-hydrogen) atoms. The largest absolute Gasteiger partial charge is 0.454 e. The second-order valence-corrected chi connectivity index (χ2v) is 8.40. The molecule has 0 saturated carbocycles. The number of nitriles is 1. The average molecular weight is 548 g/mol. The van der Waals surface area contributed by atoms with Crippen molar-refractivity contribution < 1.29 is 28.6 Å². The average Bonchev–Trinajstić information content (AvgIpc) is 2.86. The van der Waals surface area contributed by atoms with E-state index in [0.717, 1.165) is 5.56 Å². The van der Waals surface area contributed by atoms with Crippen molar-refractivity contribution in [2.24, 2.45) is 5.10 Å². The van der Waals surface area contributed by atoms with Crippen molar-refractivity contribution in [2.75, 3.05) is 38.8 Å². The Balaban J connectivity index is 1.72. The first-order valence-corrected chi connectivity index (χ1v) is 11.8. The number of halogens is 2. The maximum Gasteiger partial charge on any atom is 0.414 e. The number of hydrogen-bond donors (Lipinski definition) is 2.